The maximum Gasteiger partial charge on any atom is 0.129 e. The number of phenols is 1. The molecule has 1 aliphatic rings. The topological polar surface area (TPSA) is 52.5 Å². The smallest absolute Gasteiger partial charge is 0.129 e. The first-order chi connectivity index (χ1) is 9.04. The zero-order valence-electron chi connectivity index (χ0n) is 11.3. The molecule has 0 aliphatic heterocycles. The summed E-state index contributed by atoms with van der Waals surface area (Å²) in [6.45, 7) is 3.19. The fourth-order valence-electron chi connectivity index (χ4n) is 2.66. The Bertz CT molecular complexity index is 428. The van der Waals surface area contributed by atoms with E-state index in [1.165, 1.54) is 12.8 Å². The lowest BCUT2D eigenvalue weighted by atomic mass is 9.77. The van der Waals surface area contributed by atoms with Gasteiger partial charge in [-0.05, 0) is 65.2 Å². The van der Waals surface area contributed by atoms with Crippen molar-refractivity contribution >= 4 is 15.9 Å². The quantitative estimate of drug-likeness (QED) is 0.796. The van der Waals surface area contributed by atoms with Crippen LogP contribution in [0.5, 0.6) is 5.75 Å². The maximum absolute atomic E-state index is 9.69. The standard InChI is InChI=1S/C15H22BrNO2/c1-11-4-6-15(10-18,7-5-11)17-9-12-2-3-14(19)13(16)8-12/h2-3,8,11,17-19H,4-7,9-10H2,1H3. The molecule has 0 radical (unpaired) electrons. The van der Waals surface area contributed by atoms with Gasteiger partial charge in [0.1, 0.15) is 5.75 Å². The SMILES string of the molecule is CC1CCC(CO)(NCc2ccc(O)c(Br)c2)CC1. The van der Waals surface area contributed by atoms with Crippen molar-refractivity contribution in [3.8, 4) is 5.75 Å². The number of hydrogen-bond donors (Lipinski definition) is 3. The molecule has 0 bridgehead atoms. The van der Waals surface area contributed by atoms with Crippen molar-refractivity contribution in [2.75, 3.05) is 6.61 Å². The summed E-state index contributed by atoms with van der Waals surface area (Å²) in [6, 6.07) is 5.51. The summed E-state index contributed by atoms with van der Waals surface area (Å²) in [5.41, 5.74) is 0.979. The highest BCUT2D eigenvalue weighted by Gasteiger charge is 2.32. The predicted molar refractivity (Wildman–Crippen MR) is 80.1 cm³/mol. The molecule has 0 heterocycles. The Hall–Kier alpha value is -0.580. The molecule has 19 heavy (non-hydrogen) atoms. The zero-order chi connectivity index (χ0) is 13.9. The van der Waals surface area contributed by atoms with Gasteiger partial charge in [0.15, 0.2) is 0 Å². The second-order valence-electron chi connectivity index (χ2n) is 5.76. The summed E-state index contributed by atoms with van der Waals surface area (Å²) < 4.78 is 0.710. The summed E-state index contributed by atoms with van der Waals surface area (Å²) in [4.78, 5) is 0. The van der Waals surface area contributed by atoms with Crippen molar-refractivity contribution in [3.63, 3.8) is 0 Å². The lowest BCUT2D eigenvalue weighted by Crippen LogP contribution is -2.50. The highest BCUT2D eigenvalue weighted by molar-refractivity contribution is 9.10. The van der Waals surface area contributed by atoms with E-state index in [9.17, 15) is 10.2 Å². The molecule has 3 N–H and O–H groups in total. The molecule has 0 amide bonds. The van der Waals surface area contributed by atoms with E-state index >= 15 is 0 Å². The van der Waals surface area contributed by atoms with Gasteiger partial charge >= 0.3 is 0 Å². The van der Waals surface area contributed by atoms with Crippen molar-refractivity contribution in [1.29, 1.82) is 0 Å². The first kappa shape index (κ1) is 14.8. The molecule has 3 nitrogen and oxygen atoms in total. The molecular weight excluding hydrogens is 306 g/mol. The fourth-order valence-corrected chi connectivity index (χ4v) is 3.08. The molecule has 1 aliphatic carbocycles. The van der Waals surface area contributed by atoms with Crippen molar-refractivity contribution < 1.29 is 10.2 Å². The van der Waals surface area contributed by atoms with E-state index in [0.717, 1.165) is 24.3 Å². The van der Waals surface area contributed by atoms with Crippen molar-refractivity contribution in [1.82, 2.24) is 5.32 Å². The van der Waals surface area contributed by atoms with Crippen LogP contribution in [0.2, 0.25) is 0 Å². The van der Waals surface area contributed by atoms with E-state index in [1.807, 2.05) is 12.1 Å². The minimum absolute atomic E-state index is 0.128. The van der Waals surface area contributed by atoms with Gasteiger partial charge in [-0.25, -0.2) is 0 Å². The number of hydrogen-bond acceptors (Lipinski definition) is 3. The number of halogens is 1. The molecule has 2 rings (SSSR count). The molecule has 4 heteroatoms. The molecular formula is C15H22BrNO2. The van der Waals surface area contributed by atoms with Gasteiger partial charge in [0.25, 0.3) is 0 Å². The van der Waals surface area contributed by atoms with Gasteiger partial charge < -0.3 is 15.5 Å². The summed E-state index contributed by atoms with van der Waals surface area (Å²) >= 11 is 3.32. The molecule has 106 valence electrons. The Kier molecular flexibility index (Phi) is 4.87. The van der Waals surface area contributed by atoms with Crippen molar-refractivity contribution in [2.24, 2.45) is 5.92 Å². The number of rotatable bonds is 4. The van der Waals surface area contributed by atoms with Crippen LogP contribution >= 0.6 is 15.9 Å². The van der Waals surface area contributed by atoms with Crippen LogP contribution in [0.25, 0.3) is 0 Å². The molecule has 1 aromatic carbocycles. The van der Waals surface area contributed by atoms with Gasteiger partial charge in [-0.1, -0.05) is 13.0 Å². The third kappa shape index (κ3) is 3.71. The van der Waals surface area contributed by atoms with Crippen LogP contribution in [-0.4, -0.2) is 22.4 Å². The third-order valence-corrected chi connectivity index (χ3v) is 4.85. The molecule has 0 saturated heterocycles. The number of nitrogens with one attached hydrogen (secondary N) is 1. The average molecular weight is 328 g/mol. The maximum atomic E-state index is 9.69. The summed E-state index contributed by atoms with van der Waals surface area (Å²) in [5.74, 6) is 1.02. The second-order valence-corrected chi connectivity index (χ2v) is 6.61. The number of aliphatic hydroxyl groups excluding tert-OH is 1. The van der Waals surface area contributed by atoms with Crippen molar-refractivity contribution in [2.45, 2.75) is 44.7 Å². The average Bonchev–Trinajstić information content (AvgIpc) is 2.42. The van der Waals surface area contributed by atoms with Crippen LogP contribution in [-0.2, 0) is 6.54 Å². The van der Waals surface area contributed by atoms with Crippen LogP contribution in [0, 0.1) is 5.92 Å². The summed E-state index contributed by atoms with van der Waals surface area (Å²) in [6.07, 6.45) is 4.41. The number of aliphatic hydroxyl groups is 1. The number of aromatic hydroxyl groups is 1. The Morgan fingerprint density at radius 1 is 1.37 bits per heavy atom. The van der Waals surface area contributed by atoms with Gasteiger partial charge in [-0.3, -0.25) is 0 Å². The van der Waals surface area contributed by atoms with Crippen LogP contribution in [0.4, 0.5) is 0 Å². The molecule has 1 fully saturated rings. The molecule has 0 aromatic heterocycles. The Labute approximate surface area is 123 Å². The minimum Gasteiger partial charge on any atom is -0.507 e. The van der Waals surface area contributed by atoms with E-state index in [0.29, 0.717) is 11.0 Å². The van der Waals surface area contributed by atoms with Gasteiger partial charge in [-0.15, -0.1) is 0 Å². The van der Waals surface area contributed by atoms with E-state index in [2.05, 4.69) is 28.2 Å². The largest absolute Gasteiger partial charge is 0.507 e. The summed E-state index contributed by atoms with van der Waals surface area (Å²) in [7, 11) is 0. The highest BCUT2D eigenvalue weighted by Crippen LogP contribution is 2.32. The highest BCUT2D eigenvalue weighted by atomic mass is 79.9. The normalized spacial score (nSPS) is 27.4. The second kappa shape index (κ2) is 6.25. The van der Waals surface area contributed by atoms with E-state index in [4.69, 9.17) is 0 Å². The lowest BCUT2D eigenvalue weighted by molar-refractivity contribution is 0.104. The van der Waals surface area contributed by atoms with Crippen LogP contribution in [0.3, 0.4) is 0 Å². The Morgan fingerprint density at radius 2 is 2.05 bits per heavy atom. The Morgan fingerprint density at radius 3 is 2.63 bits per heavy atom. The minimum atomic E-state index is -0.128. The van der Waals surface area contributed by atoms with E-state index in [1.54, 1.807) is 6.07 Å². The van der Waals surface area contributed by atoms with Gasteiger partial charge in [-0.2, -0.15) is 0 Å². The third-order valence-electron chi connectivity index (χ3n) is 4.21. The number of phenolic OH excluding ortho intramolecular Hbond substituents is 1. The van der Waals surface area contributed by atoms with Crippen LogP contribution in [0.1, 0.15) is 38.2 Å². The van der Waals surface area contributed by atoms with E-state index < -0.39 is 0 Å². The van der Waals surface area contributed by atoms with E-state index in [-0.39, 0.29) is 17.9 Å². The van der Waals surface area contributed by atoms with Crippen LogP contribution < -0.4 is 5.32 Å². The Balaban J connectivity index is 1.97. The monoisotopic (exact) mass is 327 g/mol. The lowest BCUT2D eigenvalue weighted by Gasteiger charge is -2.39. The molecule has 1 aromatic rings. The van der Waals surface area contributed by atoms with Crippen LogP contribution in [0.15, 0.2) is 22.7 Å². The predicted octanol–water partition coefficient (Wildman–Crippen LogP) is 3.19. The zero-order valence-corrected chi connectivity index (χ0v) is 12.9. The number of benzene rings is 1. The summed E-state index contributed by atoms with van der Waals surface area (Å²) in [5, 5.41) is 22.7. The van der Waals surface area contributed by atoms with Crippen molar-refractivity contribution in [3.05, 3.63) is 28.2 Å². The fraction of sp³-hybridized carbons (Fsp3) is 0.600. The molecule has 1 saturated carbocycles. The van der Waals surface area contributed by atoms with Gasteiger partial charge in [0, 0.05) is 12.1 Å². The first-order valence-corrected chi connectivity index (χ1v) is 7.67. The molecule has 0 spiro atoms. The van der Waals surface area contributed by atoms with Gasteiger partial charge in [0.05, 0.1) is 11.1 Å². The molecule has 0 unspecified atom stereocenters. The molecule has 0 atom stereocenters. The first-order valence-electron chi connectivity index (χ1n) is 6.88. The van der Waals surface area contributed by atoms with Gasteiger partial charge in [0.2, 0.25) is 0 Å².